The van der Waals surface area contributed by atoms with Gasteiger partial charge >= 0.3 is 0 Å². The number of nitrogens with zero attached hydrogens (tertiary/aromatic N) is 3. The van der Waals surface area contributed by atoms with Crippen molar-refractivity contribution >= 4 is 21.8 Å². The molecule has 0 aliphatic carbocycles. The molecule has 0 saturated carbocycles. The number of pyridine rings is 1. The van der Waals surface area contributed by atoms with E-state index in [4.69, 9.17) is 4.52 Å². The van der Waals surface area contributed by atoms with E-state index in [0.717, 1.165) is 0 Å². The molecular formula is C10H9BrN4O2. The number of carbonyl (C=O) groups is 1. The maximum absolute atomic E-state index is 11.8. The highest BCUT2D eigenvalue weighted by molar-refractivity contribution is 9.10. The molecule has 0 aliphatic rings. The second-order valence-electron chi connectivity index (χ2n) is 3.25. The van der Waals surface area contributed by atoms with E-state index in [0.29, 0.717) is 21.9 Å². The van der Waals surface area contributed by atoms with Gasteiger partial charge in [-0.1, -0.05) is 5.16 Å². The van der Waals surface area contributed by atoms with Gasteiger partial charge in [0.25, 0.3) is 5.91 Å². The lowest BCUT2D eigenvalue weighted by Crippen LogP contribution is -2.24. The molecule has 2 aromatic heterocycles. The smallest absolute Gasteiger partial charge is 0.271 e. The predicted octanol–water partition coefficient (Wildman–Crippen LogP) is 1.47. The fourth-order valence-corrected chi connectivity index (χ4v) is 1.64. The number of carbonyl (C=O) groups excluding carboxylic acids is 1. The van der Waals surface area contributed by atoms with E-state index in [9.17, 15) is 4.79 Å². The third-order valence-electron chi connectivity index (χ3n) is 1.94. The summed E-state index contributed by atoms with van der Waals surface area (Å²) in [6, 6.07) is 3.49. The molecule has 6 nitrogen and oxygen atoms in total. The third-order valence-corrected chi connectivity index (χ3v) is 2.58. The van der Waals surface area contributed by atoms with E-state index in [1.807, 2.05) is 0 Å². The first-order valence-electron chi connectivity index (χ1n) is 4.84. The number of rotatable bonds is 3. The van der Waals surface area contributed by atoms with Crippen LogP contribution in [0.1, 0.15) is 22.2 Å². The first-order valence-corrected chi connectivity index (χ1v) is 5.64. The minimum Gasteiger partial charge on any atom is -0.342 e. The van der Waals surface area contributed by atoms with E-state index >= 15 is 0 Å². The van der Waals surface area contributed by atoms with Crippen LogP contribution in [0.15, 0.2) is 27.3 Å². The highest BCUT2D eigenvalue weighted by Crippen LogP contribution is 2.12. The van der Waals surface area contributed by atoms with E-state index in [-0.39, 0.29) is 12.5 Å². The summed E-state index contributed by atoms with van der Waals surface area (Å²) < 4.78 is 5.51. The van der Waals surface area contributed by atoms with Crippen molar-refractivity contribution in [1.82, 2.24) is 20.4 Å². The van der Waals surface area contributed by atoms with Crippen LogP contribution in [0.2, 0.25) is 0 Å². The second-order valence-corrected chi connectivity index (χ2v) is 4.11. The lowest BCUT2D eigenvalue weighted by Gasteiger charge is -2.02. The van der Waals surface area contributed by atoms with Gasteiger partial charge in [0.2, 0.25) is 5.89 Å². The average molecular weight is 297 g/mol. The number of hydrogen-bond donors (Lipinski definition) is 1. The summed E-state index contributed by atoms with van der Waals surface area (Å²) in [6.07, 6.45) is 1.55. The summed E-state index contributed by atoms with van der Waals surface area (Å²) in [5.41, 5.74) is 0.323. The van der Waals surface area contributed by atoms with Gasteiger partial charge in [0.1, 0.15) is 5.69 Å². The molecule has 7 heteroatoms. The van der Waals surface area contributed by atoms with Crippen LogP contribution in [0.4, 0.5) is 0 Å². The Hall–Kier alpha value is -1.76. The van der Waals surface area contributed by atoms with Gasteiger partial charge in [-0.3, -0.25) is 4.79 Å². The Bertz CT molecular complexity index is 541. The van der Waals surface area contributed by atoms with Crippen molar-refractivity contribution in [2.75, 3.05) is 0 Å². The molecule has 0 radical (unpaired) electrons. The highest BCUT2D eigenvalue weighted by atomic mass is 79.9. The van der Waals surface area contributed by atoms with Crippen molar-refractivity contribution in [2.45, 2.75) is 13.5 Å². The van der Waals surface area contributed by atoms with Gasteiger partial charge in [0, 0.05) is 10.7 Å². The molecule has 0 bridgehead atoms. The van der Waals surface area contributed by atoms with Gasteiger partial charge in [0.05, 0.1) is 6.54 Å². The van der Waals surface area contributed by atoms with Crippen molar-refractivity contribution in [1.29, 1.82) is 0 Å². The molecule has 0 aliphatic heterocycles. The van der Waals surface area contributed by atoms with Crippen LogP contribution in [0.25, 0.3) is 0 Å². The van der Waals surface area contributed by atoms with Crippen molar-refractivity contribution in [3.8, 4) is 0 Å². The average Bonchev–Trinajstić information content (AvgIpc) is 2.73. The highest BCUT2D eigenvalue weighted by Gasteiger charge is 2.12. The maximum atomic E-state index is 11.8. The third kappa shape index (κ3) is 2.88. The normalized spacial score (nSPS) is 10.2. The van der Waals surface area contributed by atoms with Crippen molar-refractivity contribution in [2.24, 2.45) is 0 Å². The summed E-state index contributed by atoms with van der Waals surface area (Å²) in [5.74, 6) is 0.601. The molecule has 0 atom stereocenters. The van der Waals surface area contributed by atoms with Gasteiger partial charge in [-0.25, -0.2) is 4.98 Å². The van der Waals surface area contributed by atoms with Gasteiger partial charge in [0.15, 0.2) is 5.82 Å². The largest absolute Gasteiger partial charge is 0.342 e. The molecule has 1 N–H and O–H groups in total. The molecule has 0 fully saturated rings. The molecule has 0 saturated heterocycles. The SMILES string of the molecule is Cc1noc(CNC(=O)c2ncccc2Br)n1. The van der Waals surface area contributed by atoms with Crippen LogP contribution in [0.5, 0.6) is 0 Å². The van der Waals surface area contributed by atoms with Gasteiger partial charge in [-0.05, 0) is 35.0 Å². The number of hydrogen-bond acceptors (Lipinski definition) is 5. The monoisotopic (exact) mass is 296 g/mol. The first kappa shape index (κ1) is 11.7. The molecule has 0 unspecified atom stereocenters. The fraction of sp³-hybridized carbons (Fsp3) is 0.200. The molecule has 2 heterocycles. The number of aromatic nitrogens is 3. The molecular weight excluding hydrogens is 288 g/mol. The summed E-state index contributed by atoms with van der Waals surface area (Å²) in [7, 11) is 0. The van der Waals surface area contributed by atoms with Crippen LogP contribution >= 0.6 is 15.9 Å². The van der Waals surface area contributed by atoms with Gasteiger partial charge in [-0.15, -0.1) is 0 Å². The van der Waals surface area contributed by atoms with E-state index in [1.165, 1.54) is 0 Å². The summed E-state index contributed by atoms with van der Waals surface area (Å²) in [5, 5.41) is 6.26. The zero-order chi connectivity index (χ0) is 12.3. The maximum Gasteiger partial charge on any atom is 0.271 e. The van der Waals surface area contributed by atoms with E-state index in [1.54, 1.807) is 25.3 Å². The zero-order valence-electron chi connectivity index (χ0n) is 8.98. The Labute approximate surface area is 106 Å². The lowest BCUT2D eigenvalue weighted by atomic mass is 10.3. The van der Waals surface area contributed by atoms with E-state index < -0.39 is 0 Å². The quantitative estimate of drug-likeness (QED) is 0.927. The Morgan fingerprint density at radius 3 is 3.06 bits per heavy atom. The Balaban J connectivity index is 2.01. The zero-order valence-corrected chi connectivity index (χ0v) is 10.6. The van der Waals surface area contributed by atoms with E-state index in [2.05, 4.69) is 36.4 Å². The van der Waals surface area contributed by atoms with Gasteiger partial charge < -0.3 is 9.84 Å². The number of amides is 1. The molecule has 2 rings (SSSR count). The van der Waals surface area contributed by atoms with Crippen molar-refractivity contribution < 1.29 is 9.32 Å². The van der Waals surface area contributed by atoms with Gasteiger partial charge in [-0.2, -0.15) is 4.98 Å². The van der Waals surface area contributed by atoms with Crippen molar-refractivity contribution in [3.63, 3.8) is 0 Å². The molecule has 88 valence electrons. The topological polar surface area (TPSA) is 80.9 Å². The predicted molar refractivity (Wildman–Crippen MR) is 62.1 cm³/mol. The Morgan fingerprint density at radius 1 is 1.59 bits per heavy atom. The number of halogens is 1. The molecule has 1 amide bonds. The minimum atomic E-state index is -0.298. The summed E-state index contributed by atoms with van der Waals surface area (Å²) >= 11 is 3.25. The molecule has 0 aromatic carbocycles. The lowest BCUT2D eigenvalue weighted by molar-refractivity contribution is 0.0940. The molecule has 2 aromatic rings. The van der Waals surface area contributed by atoms with Crippen LogP contribution < -0.4 is 5.32 Å². The number of aryl methyl sites for hydroxylation is 1. The van der Waals surface area contributed by atoms with Crippen molar-refractivity contribution in [3.05, 3.63) is 40.2 Å². The van der Waals surface area contributed by atoms with Crippen LogP contribution in [0, 0.1) is 6.92 Å². The van der Waals surface area contributed by atoms with Crippen LogP contribution in [-0.2, 0) is 6.54 Å². The van der Waals surface area contributed by atoms with Crippen LogP contribution in [-0.4, -0.2) is 21.0 Å². The molecule has 17 heavy (non-hydrogen) atoms. The fourth-order valence-electron chi connectivity index (χ4n) is 1.20. The minimum absolute atomic E-state index is 0.183. The van der Waals surface area contributed by atoms with Crippen LogP contribution in [0.3, 0.4) is 0 Å². The Kier molecular flexibility index (Phi) is 3.48. The first-order chi connectivity index (χ1) is 8.16. The Morgan fingerprint density at radius 2 is 2.41 bits per heavy atom. The second kappa shape index (κ2) is 5.05. The summed E-state index contributed by atoms with van der Waals surface area (Å²) in [4.78, 5) is 19.7. The standard InChI is InChI=1S/C10H9BrN4O2/c1-6-14-8(17-15-6)5-13-10(16)9-7(11)3-2-4-12-9/h2-4H,5H2,1H3,(H,13,16). The summed E-state index contributed by atoms with van der Waals surface area (Å²) in [6.45, 7) is 1.90. The number of nitrogens with one attached hydrogen (secondary N) is 1. The molecule has 0 spiro atoms.